The normalized spacial score (nSPS) is 10.3. The molecule has 0 radical (unpaired) electrons. The summed E-state index contributed by atoms with van der Waals surface area (Å²) in [6, 6.07) is 14.3. The Morgan fingerprint density at radius 1 is 1.00 bits per heavy atom. The van der Waals surface area contributed by atoms with Gasteiger partial charge in [0.1, 0.15) is 4.60 Å². The maximum absolute atomic E-state index is 5.67. The number of aryl methyl sites for hydroxylation is 1. The van der Waals surface area contributed by atoms with Gasteiger partial charge in [0.2, 0.25) is 0 Å². The third-order valence-corrected chi connectivity index (χ3v) is 3.28. The second-order valence-corrected chi connectivity index (χ2v) is 4.83. The topological polar surface area (TPSA) is 22.1 Å². The Morgan fingerprint density at radius 3 is 2.61 bits per heavy atom. The van der Waals surface area contributed by atoms with Crippen molar-refractivity contribution in [3.05, 3.63) is 58.8 Å². The van der Waals surface area contributed by atoms with Crippen LogP contribution in [0.15, 0.2) is 53.3 Å². The Labute approximate surface area is 116 Å². The first-order valence-corrected chi connectivity index (χ1v) is 6.93. The maximum Gasteiger partial charge on any atom is 0.152 e. The molecule has 0 saturated carbocycles. The highest BCUT2D eigenvalue weighted by atomic mass is 79.9. The average Bonchev–Trinajstić information content (AvgIpc) is 2.42. The second-order valence-electron chi connectivity index (χ2n) is 4.08. The SMILES string of the molecule is Brc1ncccc1OCCCCc1ccccc1. The van der Waals surface area contributed by atoms with E-state index in [4.69, 9.17) is 4.74 Å². The first-order chi connectivity index (χ1) is 8.86. The molecule has 2 aromatic rings. The van der Waals surface area contributed by atoms with Crippen LogP contribution in [0.1, 0.15) is 18.4 Å². The van der Waals surface area contributed by atoms with Crippen LogP contribution in [0.4, 0.5) is 0 Å². The van der Waals surface area contributed by atoms with Crippen molar-refractivity contribution < 1.29 is 4.74 Å². The number of hydrogen-bond donors (Lipinski definition) is 0. The Hall–Kier alpha value is -1.35. The van der Waals surface area contributed by atoms with E-state index in [1.165, 1.54) is 5.56 Å². The third kappa shape index (κ3) is 4.15. The molecule has 0 aliphatic carbocycles. The lowest BCUT2D eigenvalue weighted by Gasteiger charge is -2.07. The number of ether oxygens (including phenoxy) is 1. The van der Waals surface area contributed by atoms with Crippen molar-refractivity contribution in [1.82, 2.24) is 4.98 Å². The van der Waals surface area contributed by atoms with Crippen molar-refractivity contribution in [2.45, 2.75) is 19.3 Å². The van der Waals surface area contributed by atoms with Crippen LogP contribution >= 0.6 is 15.9 Å². The number of nitrogens with zero attached hydrogens (tertiary/aromatic N) is 1. The zero-order valence-corrected chi connectivity index (χ0v) is 11.8. The summed E-state index contributed by atoms with van der Waals surface area (Å²) >= 11 is 3.37. The van der Waals surface area contributed by atoms with E-state index in [0.717, 1.165) is 36.2 Å². The van der Waals surface area contributed by atoms with Crippen molar-refractivity contribution in [2.75, 3.05) is 6.61 Å². The molecule has 0 unspecified atom stereocenters. The molecule has 0 amide bonds. The quantitative estimate of drug-likeness (QED) is 0.588. The van der Waals surface area contributed by atoms with Gasteiger partial charge >= 0.3 is 0 Å². The largest absolute Gasteiger partial charge is 0.491 e. The molecule has 0 aliphatic rings. The fourth-order valence-electron chi connectivity index (χ4n) is 1.74. The van der Waals surface area contributed by atoms with E-state index in [9.17, 15) is 0 Å². The van der Waals surface area contributed by atoms with E-state index in [1.54, 1.807) is 6.20 Å². The number of unbranched alkanes of at least 4 members (excludes halogenated alkanes) is 1. The molecule has 0 aliphatic heterocycles. The Morgan fingerprint density at radius 2 is 1.83 bits per heavy atom. The summed E-state index contributed by atoms with van der Waals surface area (Å²) < 4.78 is 6.44. The molecule has 1 aromatic heterocycles. The molecule has 0 fully saturated rings. The Kier molecular flexibility index (Phi) is 5.21. The van der Waals surface area contributed by atoms with Crippen molar-refractivity contribution >= 4 is 15.9 Å². The van der Waals surface area contributed by atoms with Gasteiger partial charge in [0.25, 0.3) is 0 Å². The minimum absolute atomic E-state index is 0.733. The molecule has 18 heavy (non-hydrogen) atoms. The van der Waals surface area contributed by atoms with Gasteiger partial charge in [-0.15, -0.1) is 0 Å². The van der Waals surface area contributed by atoms with E-state index < -0.39 is 0 Å². The number of halogens is 1. The lowest BCUT2D eigenvalue weighted by atomic mass is 10.1. The zero-order chi connectivity index (χ0) is 12.6. The highest BCUT2D eigenvalue weighted by molar-refractivity contribution is 9.10. The fraction of sp³-hybridized carbons (Fsp3) is 0.267. The van der Waals surface area contributed by atoms with Crippen LogP contribution in [0.2, 0.25) is 0 Å². The van der Waals surface area contributed by atoms with Crippen molar-refractivity contribution in [1.29, 1.82) is 0 Å². The van der Waals surface area contributed by atoms with Gasteiger partial charge in [-0.05, 0) is 52.9 Å². The molecule has 0 spiro atoms. The lowest BCUT2D eigenvalue weighted by molar-refractivity contribution is 0.303. The second kappa shape index (κ2) is 7.17. The average molecular weight is 306 g/mol. The first-order valence-electron chi connectivity index (χ1n) is 6.13. The molecule has 1 aromatic carbocycles. The molecule has 1 heterocycles. The molecule has 0 bridgehead atoms. The molecular formula is C15H16BrNO. The molecule has 0 atom stereocenters. The molecule has 94 valence electrons. The monoisotopic (exact) mass is 305 g/mol. The van der Waals surface area contributed by atoms with Gasteiger partial charge in [0.15, 0.2) is 5.75 Å². The first kappa shape index (κ1) is 13.1. The Bertz CT molecular complexity index is 473. The number of rotatable bonds is 6. The summed E-state index contributed by atoms with van der Waals surface area (Å²) in [5.74, 6) is 0.817. The van der Waals surface area contributed by atoms with E-state index >= 15 is 0 Å². The minimum atomic E-state index is 0.733. The van der Waals surface area contributed by atoms with Gasteiger partial charge in [0.05, 0.1) is 6.61 Å². The van der Waals surface area contributed by atoms with Crippen LogP contribution < -0.4 is 4.74 Å². The smallest absolute Gasteiger partial charge is 0.152 e. The van der Waals surface area contributed by atoms with Crippen LogP contribution in [0.25, 0.3) is 0 Å². The zero-order valence-electron chi connectivity index (χ0n) is 10.2. The van der Waals surface area contributed by atoms with Gasteiger partial charge in [-0.3, -0.25) is 0 Å². The summed E-state index contributed by atoms with van der Waals surface area (Å²) in [5.41, 5.74) is 1.39. The third-order valence-electron chi connectivity index (χ3n) is 2.69. The van der Waals surface area contributed by atoms with Crippen molar-refractivity contribution in [2.24, 2.45) is 0 Å². The number of aromatic nitrogens is 1. The summed E-state index contributed by atoms with van der Waals surface area (Å²) in [5, 5.41) is 0. The lowest BCUT2D eigenvalue weighted by Crippen LogP contribution is -1.99. The van der Waals surface area contributed by atoms with Crippen LogP contribution in [0.3, 0.4) is 0 Å². The molecule has 2 nitrogen and oxygen atoms in total. The highest BCUT2D eigenvalue weighted by Crippen LogP contribution is 2.21. The molecule has 0 saturated heterocycles. The van der Waals surface area contributed by atoms with E-state index in [1.807, 2.05) is 18.2 Å². The maximum atomic E-state index is 5.67. The van der Waals surface area contributed by atoms with E-state index in [0.29, 0.717) is 0 Å². The van der Waals surface area contributed by atoms with Gasteiger partial charge in [-0.2, -0.15) is 0 Å². The number of hydrogen-bond acceptors (Lipinski definition) is 2. The van der Waals surface area contributed by atoms with E-state index in [2.05, 4.69) is 45.2 Å². The van der Waals surface area contributed by atoms with Gasteiger partial charge in [-0.25, -0.2) is 4.98 Å². The number of pyridine rings is 1. The van der Waals surface area contributed by atoms with Gasteiger partial charge in [0, 0.05) is 6.20 Å². The fourth-order valence-corrected chi connectivity index (χ4v) is 2.10. The molecule has 2 rings (SSSR count). The van der Waals surface area contributed by atoms with Crippen LogP contribution in [0, 0.1) is 0 Å². The van der Waals surface area contributed by atoms with Crippen molar-refractivity contribution in [3.63, 3.8) is 0 Å². The summed E-state index contributed by atoms with van der Waals surface area (Å²) in [6.07, 6.45) is 5.04. The van der Waals surface area contributed by atoms with E-state index in [-0.39, 0.29) is 0 Å². The summed E-state index contributed by atoms with van der Waals surface area (Å²) in [6.45, 7) is 0.733. The predicted molar refractivity (Wildman–Crippen MR) is 76.8 cm³/mol. The van der Waals surface area contributed by atoms with Crippen LogP contribution in [-0.2, 0) is 6.42 Å². The summed E-state index contributed by atoms with van der Waals surface area (Å²) in [4.78, 5) is 4.12. The minimum Gasteiger partial charge on any atom is -0.491 e. The summed E-state index contributed by atoms with van der Waals surface area (Å²) in [7, 11) is 0. The molecule has 0 N–H and O–H groups in total. The predicted octanol–water partition coefficient (Wildman–Crippen LogP) is 4.25. The van der Waals surface area contributed by atoms with Gasteiger partial charge < -0.3 is 4.74 Å². The highest BCUT2D eigenvalue weighted by Gasteiger charge is 2.00. The number of benzene rings is 1. The Balaban J connectivity index is 1.66. The van der Waals surface area contributed by atoms with Gasteiger partial charge in [-0.1, -0.05) is 30.3 Å². The van der Waals surface area contributed by atoms with Crippen LogP contribution in [0.5, 0.6) is 5.75 Å². The molecule has 3 heteroatoms. The van der Waals surface area contributed by atoms with Crippen molar-refractivity contribution in [3.8, 4) is 5.75 Å². The molecular weight excluding hydrogens is 290 g/mol. The van der Waals surface area contributed by atoms with Crippen LogP contribution in [-0.4, -0.2) is 11.6 Å². The standard InChI is InChI=1S/C15H16BrNO/c16-15-14(10-6-11-17-15)18-12-5-4-9-13-7-2-1-3-8-13/h1-3,6-8,10-11H,4-5,9,12H2.